The van der Waals surface area contributed by atoms with Crippen molar-refractivity contribution < 1.29 is 19.6 Å². The Balaban J connectivity index is 2.88. The van der Waals surface area contributed by atoms with Gasteiger partial charge >= 0.3 is 13.1 Å². The molecule has 1 heterocycles. The fourth-order valence-electron chi connectivity index (χ4n) is 1.05. The summed E-state index contributed by atoms with van der Waals surface area (Å²) in [4.78, 5) is 15.3. The lowest BCUT2D eigenvalue weighted by Gasteiger charge is -2.19. The van der Waals surface area contributed by atoms with Crippen LogP contribution in [-0.2, 0) is 4.74 Å². The molecule has 0 radical (unpaired) electrons. The van der Waals surface area contributed by atoms with E-state index >= 15 is 0 Å². The monoisotopic (exact) mass is 223 g/mol. The highest BCUT2D eigenvalue weighted by atomic mass is 16.6. The van der Waals surface area contributed by atoms with Crippen LogP contribution in [0.2, 0.25) is 0 Å². The van der Waals surface area contributed by atoms with E-state index in [0.29, 0.717) is 0 Å². The van der Waals surface area contributed by atoms with Crippen molar-refractivity contribution in [1.82, 2.24) is 4.98 Å². The number of esters is 1. The van der Waals surface area contributed by atoms with Gasteiger partial charge in [-0.1, -0.05) is 0 Å². The molecule has 1 rings (SSSR count). The van der Waals surface area contributed by atoms with Gasteiger partial charge < -0.3 is 14.8 Å². The molecule has 0 aliphatic carbocycles. The largest absolute Gasteiger partial charge is 0.490 e. The smallest absolute Gasteiger partial charge is 0.456 e. The molecule has 6 heteroatoms. The molecule has 0 saturated carbocycles. The van der Waals surface area contributed by atoms with E-state index < -0.39 is 18.7 Å². The maximum atomic E-state index is 11.6. The molecule has 86 valence electrons. The second-order valence-corrected chi connectivity index (χ2v) is 4.38. The molecule has 0 atom stereocenters. The van der Waals surface area contributed by atoms with Crippen LogP contribution in [0, 0.1) is 0 Å². The summed E-state index contributed by atoms with van der Waals surface area (Å²) in [5.41, 5.74) is -0.242. The van der Waals surface area contributed by atoms with Crippen LogP contribution in [0.5, 0.6) is 0 Å². The average molecular weight is 223 g/mol. The Morgan fingerprint density at radius 3 is 2.50 bits per heavy atom. The van der Waals surface area contributed by atoms with Gasteiger partial charge in [-0.05, 0) is 26.8 Å². The van der Waals surface area contributed by atoms with Crippen molar-refractivity contribution in [2.24, 2.45) is 0 Å². The summed E-state index contributed by atoms with van der Waals surface area (Å²) < 4.78 is 5.12. The van der Waals surface area contributed by atoms with Gasteiger partial charge in [0.25, 0.3) is 0 Å². The molecular formula is C10H14BNO4. The SMILES string of the molecule is CC(C)(C)OC(=O)c1cncc(B(O)O)c1. The highest BCUT2D eigenvalue weighted by Gasteiger charge is 2.20. The molecule has 5 nitrogen and oxygen atoms in total. The predicted molar refractivity (Wildman–Crippen MR) is 59.2 cm³/mol. The fraction of sp³-hybridized carbons (Fsp3) is 0.400. The van der Waals surface area contributed by atoms with Gasteiger partial charge in [-0.15, -0.1) is 0 Å². The predicted octanol–water partition coefficient (Wildman–Crippen LogP) is -0.283. The van der Waals surface area contributed by atoms with Gasteiger partial charge in [-0.3, -0.25) is 4.98 Å². The quantitative estimate of drug-likeness (QED) is 0.532. The van der Waals surface area contributed by atoms with E-state index in [2.05, 4.69) is 4.98 Å². The summed E-state index contributed by atoms with van der Waals surface area (Å²) in [6, 6.07) is 1.34. The highest BCUT2D eigenvalue weighted by Crippen LogP contribution is 2.10. The van der Waals surface area contributed by atoms with Gasteiger partial charge in [-0.25, -0.2) is 4.79 Å². The lowest BCUT2D eigenvalue weighted by Crippen LogP contribution is -2.31. The minimum atomic E-state index is -1.64. The maximum Gasteiger partial charge on any atom is 0.490 e. The average Bonchev–Trinajstić information content (AvgIpc) is 2.15. The number of aromatic nitrogens is 1. The number of rotatable bonds is 2. The van der Waals surface area contributed by atoms with Crippen LogP contribution in [0.1, 0.15) is 31.1 Å². The molecule has 0 spiro atoms. The number of hydrogen-bond acceptors (Lipinski definition) is 5. The number of pyridine rings is 1. The van der Waals surface area contributed by atoms with E-state index in [0.717, 1.165) is 0 Å². The molecule has 0 amide bonds. The van der Waals surface area contributed by atoms with E-state index in [1.165, 1.54) is 18.5 Å². The Labute approximate surface area is 94.2 Å². The molecule has 16 heavy (non-hydrogen) atoms. The van der Waals surface area contributed by atoms with Crippen LogP contribution in [-0.4, -0.2) is 33.7 Å². The summed E-state index contributed by atoms with van der Waals surface area (Å²) >= 11 is 0. The van der Waals surface area contributed by atoms with E-state index in [-0.39, 0.29) is 11.0 Å². The van der Waals surface area contributed by atoms with Crippen molar-refractivity contribution in [2.45, 2.75) is 26.4 Å². The Kier molecular flexibility index (Phi) is 3.67. The normalized spacial score (nSPS) is 11.1. The molecule has 0 saturated heterocycles. The topological polar surface area (TPSA) is 79.7 Å². The van der Waals surface area contributed by atoms with Crippen LogP contribution >= 0.6 is 0 Å². The lowest BCUT2D eigenvalue weighted by molar-refractivity contribution is 0.00692. The summed E-state index contributed by atoms with van der Waals surface area (Å²) in [6.07, 6.45) is 2.60. The number of carbonyl (C=O) groups excluding carboxylic acids is 1. The Bertz CT molecular complexity index is 387. The maximum absolute atomic E-state index is 11.6. The van der Waals surface area contributed by atoms with Crippen LogP contribution in [0.15, 0.2) is 18.5 Å². The number of hydrogen-bond donors (Lipinski definition) is 2. The molecule has 2 N–H and O–H groups in total. The minimum absolute atomic E-state index is 0.156. The van der Waals surface area contributed by atoms with Crippen LogP contribution in [0.25, 0.3) is 0 Å². The van der Waals surface area contributed by atoms with Crippen molar-refractivity contribution >= 4 is 18.6 Å². The summed E-state index contributed by atoms with van der Waals surface area (Å²) in [5.74, 6) is -0.539. The number of carbonyl (C=O) groups is 1. The van der Waals surface area contributed by atoms with Gasteiger partial charge in [0.2, 0.25) is 0 Å². The second kappa shape index (κ2) is 4.63. The molecule has 1 aromatic heterocycles. The van der Waals surface area contributed by atoms with Crippen molar-refractivity contribution in [3.63, 3.8) is 0 Å². The Morgan fingerprint density at radius 2 is 2.00 bits per heavy atom. The number of nitrogens with zero attached hydrogens (tertiary/aromatic N) is 1. The lowest BCUT2D eigenvalue weighted by atomic mass is 9.81. The van der Waals surface area contributed by atoms with Crippen molar-refractivity contribution in [3.05, 3.63) is 24.0 Å². The van der Waals surface area contributed by atoms with E-state index in [4.69, 9.17) is 14.8 Å². The Morgan fingerprint density at radius 1 is 1.38 bits per heavy atom. The molecule has 0 unspecified atom stereocenters. The molecule has 0 aromatic carbocycles. The highest BCUT2D eigenvalue weighted by molar-refractivity contribution is 6.58. The summed E-state index contributed by atoms with van der Waals surface area (Å²) in [5, 5.41) is 17.9. The van der Waals surface area contributed by atoms with Crippen LogP contribution in [0.4, 0.5) is 0 Å². The molecular weight excluding hydrogens is 209 g/mol. The third-order valence-corrected chi connectivity index (χ3v) is 1.69. The minimum Gasteiger partial charge on any atom is -0.456 e. The Hall–Kier alpha value is -1.40. The third-order valence-electron chi connectivity index (χ3n) is 1.69. The van der Waals surface area contributed by atoms with Gasteiger partial charge in [0, 0.05) is 17.9 Å². The third kappa shape index (κ3) is 3.64. The molecule has 1 aromatic rings. The fourth-order valence-corrected chi connectivity index (χ4v) is 1.05. The van der Waals surface area contributed by atoms with Crippen LogP contribution < -0.4 is 5.46 Å². The second-order valence-electron chi connectivity index (χ2n) is 4.38. The first-order valence-corrected chi connectivity index (χ1v) is 4.84. The van der Waals surface area contributed by atoms with E-state index in [1.807, 2.05) is 0 Å². The number of ether oxygens (including phenoxy) is 1. The van der Waals surface area contributed by atoms with Crippen molar-refractivity contribution in [1.29, 1.82) is 0 Å². The van der Waals surface area contributed by atoms with Gasteiger partial charge in [-0.2, -0.15) is 0 Å². The molecule has 0 fully saturated rings. The van der Waals surface area contributed by atoms with Gasteiger partial charge in [0.15, 0.2) is 0 Å². The van der Waals surface area contributed by atoms with Gasteiger partial charge in [0.05, 0.1) is 5.56 Å². The zero-order valence-electron chi connectivity index (χ0n) is 9.47. The van der Waals surface area contributed by atoms with E-state index in [1.54, 1.807) is 20.8 Å². The zero-order chi connectivity index (χ0) is 12.3. The standard InChI is InChI=1S/C10H14BNO4/c1-10(2,3)16-9(13)7-4-8(11(14)15)6-12-5-7/h4-6,14-15H,1-3H3. The first-order valence-electron chi connectivity index (χ1n) is 4.84. The first kappa shape index (κ1) is 12.7. The van der Waals surface area contributed by atoms with Crippen molar-refractivity contribution in [2.75, 3.05) is 0 Å². The first-order chi connectivity index (χ1) is 7.29. The molecule has 0 aliphatic heterocycles. The van der Waals surface area contributed by atoms with Crippen LogP contribution in [0.3, 0.4) is 0 Å². The molecule has 0 bridgehead atoms. The molecule has 0 aliphatic rings. The van der Waals surface area contributed by atoms with Gasteiger partial charge in [0.1, 0.15) is 5.60 Å². The van der Waals surface area contributed by atoms with E-state index in [9.17, 15) is 4.79 Å². The van der Waals surface area contributed by atoms with Crippen molar-refractivity contribution in [3.8, 4) is 0 Å². The zero-order valence-corrected chi connectivity index (χ0v) is 9.47. The summed E-state index contributed by atoms with van der Waals surface area (Å²) in [6.45, 7) is 5.26. The summed E-state index contributed by atoms with van der Waals surface area (Å²) in [7, 11) is -1.64.